The minimum atomic E-state index is -1.15. The van der Waals surface area contributed by atoms with Gasteiger partial charge in [0.25, 0.3) is 0 Å². The lowest BCUT2D eigenvalue weighted by Crippen LogP contribution is -2.21. The SMILES string of the molecule is [N-]=[N+]=N[C@H](CC/C=C/[C@@H](N)CO)C(=O)O. The molecule has 0 aliphatic heterocycles. The monoisotopic (exact) mass is 214 g/mol. The highest BCUT2D eigenvalue weighted by molar-refractivity contribution is 5.73. The fourth-order valence-electron chi connectivity index (χ4n) is 0.879. The molecule has 0 saturated carbocycles. The third-order valence-corrected chi connectivity index (χ3v) is 1.68. The second kappa shape index (κ2) is 7.81. The standard InChI is InChI=1S/C8H14N4O3/c9-6(5-13)3-1-2-4-7(8(14)15)11-12-10/h1,3,6-7,13H,2,4-5,9H2,(H,14,15)/b3-1+/t6-,7-/m1/s1. The second-order valence-electron chi connectivity index (χ2n) is 2.91. The Labute approximate surface area is 86.8 Å². The van der Waals surface area contributed by atoms with Crippen molar-refractivity contribution in [2.45, 2.75) is 24.9 Å². The van der Waals surface area contributed by atoms with E-state index in [1.807, 2.05) is 0 Å². The van der Waals surface area contributed by atoms with E-state index in [1.54, 1.807) is 12.2 Å². The summed E-state index contributed by atoms with van der Waals surface area (Å²) in [6.45, 7) is -0.158. The van der Waals surface area contributed by atoms with Crippen molar-refractivity contribution in [2.24, 2.45) is 10.8 Å². The highest BCUT2D eigenvalue weighted by Gasteiger charge is 2.13. The summed E-state index contributed by atoms with van der Waals surface area (Å²) < 4.78 is 0. The van der Waals surface area contributed by atoms with Crippen molar-refractivity contribution in [3.63, 3.8) is 0 Å². The minimum Gasteiger partial charge on any atom is -0.481 e. The smallest absolute Gasteiger partial charge is 0.312 e. The highest BCUT2D eigenvalue weighted by Crippen LogP contribution is 2.04. The summed E-state index contributed by atoms with van der Waals surface area (Å²) in [5.41, 5.74) is 13.5. The molecular formula is C8H14N4O3. The van der Waals surface area contributed by atoms with Gasteiger partial charge in [-0.3, -0.25) is 4.79 Å². The van der Waals surface area contributed by atoms with Crippen LogP contribution in [-0.4, -0.2) is 34.9 Å². The molecular weight excluding hydrogens is 200 g/mol. The number of carbonyl (C=O) groups is 1. The molecule has 0 heterocycles. The Kier molecular flexibility index (Phi) is 7.00. The summed E-state index contributed by atoms with van der Waals surface area (Å²) in [6, 6.07) is -1.49. The van der Waals surface area contributed by atoms with Crippen LogP contribution in [0, 0.1) is 0 Å². The predicted molar refractivity (Wildman–Crippen MR) is 54.0 cm³/mol. The molecule has 0 bridgehead atoms. The molecule has 2 atom stereocenters. The van der Waals surface area contributed by atoms with Crippen LogP contribution < -0.4 is 5.73 Å². The van der Waals surface area contributed by atoms with Crippen LogP contribution in [0.15, 0.2) is 17.3 Å². The Morgan fingerprint density at radius 3 is 2.80 bits per heavy atom. The molecule has 7 nitrogen and oxygen atoms in total. The second-order valence-corrected chi connectivity index (χ2v) is 2.91. The van der Waals surface area contributed by atoms with Gasteiger partial charge in [-0.15, -0.1) is 0 Å². The van der Waals surface area contributed by atoms with Crippen molar-refractivity contribution < 1.29 is 15.0 Å². The van der Waals surface area contributed by atoms with Crippen LogP contribution in [0.2, 0.25) is 0 Å². The number of aliphatic hydroxyl groups excluding tert-OH is 1. The fourth-order valence-corrected chi connectivity index (χ4v) is 0.879. The van der Waals surface area contributed by atoms with E-state index in [-0.39, 0.29) is 13.0 Å². The molecule has 0 aromatic heterocycles. The molecule has 0 amide bonds. The van der Waals surface area contributed by atoms with E-state index in [9.17, 15) is 4.79 Å². The van der Waals surface area contributed by atoms with E-state index in [0.717, 1.165) is 0 Å². The van der Waals surface area contributed by atoms with Gasteiger partial charge in [0.1, 0.15) is 6.04 Å². The number of hydrogen-bond acceptors (Lipinski definition) is 4. The number of carboxylic acid groups (broad SMARTS) is 1. The van der Waals surface area contributed by atoms with E-state index < -0.39 is 18.1 Å². The Hall–Kier alpha value is -1.56. The highest BCUT2D eigenvalue weighted by atomic mass is 16.4. The quantitative estimate of drug-likeness (QED) is 0.245. The molecule has 4 N–H and O–H groups in total. The molecule has 0 spiro atoms. The first-order chi connectivity index (χ1) is 7.11. The van der Waals surface area contributed by atoms with Gasteiger partial charge in [-0.1, -0.05) is 17.3 Å². The summed E-state index contributed by atoms with van der Waals surface area (Å²) in [6.07, 6.45) is 3.89. The minimum absolute atomic E-state index is 0.158. The lowest BCUT2D eigenvalue weighted by molar-refractivity contribution is -0.138. The average molecular weight is 214 g/mol. The number of carboxylic acids is 1. The third-order valence-electron chi connectivity index (χ3n) is 1.68. The first kappa shape index (κ1) is 13.4. The number of hydrogen-bond donors (Lipinski definition) is 3. The number of allylic oxidation sites excluding steroid dienone is 1. The lowest BCUT2D eigenvalue weighted by atomic mass is 10.1. The number of rotatable bonds is 7. The van der Waals surface area contributed by atoms with Crippen LogP contribution in [0.3, 0.4) is 0 Å². The van der Waals surface area contributed by atoms with Gasteiger partial charge >= 0.3 is 5.97 Å². The number of nitrogens with zero attached hydrogens (tertiary/aromatic N) is 3. The van der Waals surface area contributed by atoms with Crippen LogP contribution in [0.4, 0.5) is 0 Å². The molecule has 0 radical (unpaired) electrons. The van der Waals surface area contributed by atoms with E-state index in [1.165, 1.54) is 0 Å². The molecule has 0 aromatic carbocycles. The number of azide groups is 1. The van der Waals surface area contributed by atoms with Crippen LogP contribution >= 0.6 is 0 Å². The maximum atomic E-state index is 10.5. The van der Waals surface area contributed by atoms with Crippen molar-refractivity contribution in [2.75, 3.05) is 6.61 Å². The normalized spacial score (nSPS) is 14.5. The molecule has 0 fully saturated rings. The molecule has 0 rings (SSSR count). The Morgan fingerprint density at radius 1 is 1.67 bits per heavy atom. The van der Waals surface area contributed by atoms with Gasteiger partial charge in [0, 0.05) is 11.0 Å². The first-order valence-electron chi connectivity index (χ1n) is 4.42. The molecule has 15 heavy (non-hydrogen) atoms. The Bertz CT molecular complexity index is 271. The number of aliphatic hydroxyl groups is 1. The molecule has 0 aromatic rings. The van der Waals surface area contributed by atoms with Crippen molar-refractivity contribution in [1.29, 1.82) is 0 Å². The maximum Gasteiger partial charge on any atom is 0.312 e. The van der Waals surface area contributed by atoms with Gasteiger partial charge in [0.15, 0.2) is 0 Å². The summed E-state index contributed by atoms with van der Waals surface area (Å²) in [4.78, 5) is 13.0. The zero-order valence-electron chi connectivity index (χ0n) is 8.15. The Morgan fingerprint density at radius 2 is 2.33 bits per heavy atom. The predicted octanol–water partition coefficient (Wildman–Crippen LogP) is 0.406. The van der Waals surface area contributed by atoms with Gasteiger partial charge in [0.05, 0.1) is 6.61 Å². The molecule has 0 aliphatic carbocycles. The molecule has 0 aliphatic rings. The van der Waals surface area contributed by atoms with Gasteiger partial charge < -0.3 is 15.9 Å². The van der Waals surface area contributed by atoms with E-state index in [4.69, 9.17) is 21.5 Å². The van der Waals surface area contributed by atoms with E-state index in [0.29, 0.717) is 6.42 Å². The summed E-state index contributed by atoms with van der Waals surface area (Å²) in [7, 11) is 0. The number of aliphatic carboxylic acids is 1. The molecule has 0 unspecified atom stereocenters. The molecule has 0 saturated heterocycles. The summed E-state index contributed by atoms with van der Waals surface area (Å²) in [5.74, 6) is -1.15. The van der Waals surface area contributed by atoms with Gasteiger partial charge in [-0.2, -0.15) is 0 Å². The molecule has 84 valence electrons. The maximum absolute atomic E-state index is 10.5. The fraction of sp³-hybridized carbons (Fsp3) is 0.625. The Balaban J connectivity index is 3.96. The van der Waals surface area contributed by atoms with Crippen molar-refractivity contribution in [3.05, 3.63) is 22.6 Å². The zero-order valence-corrected chi connectivity index (χ0v) is 8.15. The van der Waals surface area contributed by atoms with Crippen LogP contribution in [0.1, 0.15) is 12.8 Å². The number of nitrogens with two attached hydrogens (primary N) is 1. The lowest BCUT2D eigenvalue weighted by Gasteiger charge is -2.03. The summed E-state index contributed by atoms with van der Waals surface area (Å²) in [5, 5.41) is 20.3. The van der Waals surface area contributed by atoms with Gasteiger partial charge in [-0.05, 0) is 18.4 Å². The topological polar surface area (TPSA) is 132 Å². The van der Waals surface area contributed by atoms with Crippen molar-refractivity contribution in [3.8, 4) is 0 Å². The largest absolute Gasteiger partial charge is 0.481 e. The first-order valence-corrected chi connectivity index (χ1v) is 4.42. The van der Waals surface area contributed by atoms with E-state index >= 15 is 0 Å². The zero-order chi connectivity index (χ0) is 11.7. The van der Waals surface area contributed by atoms with E-state index in [2.05, 4.69) is 10.0 Å². The van der Waals surface area contributed by atoms with Crippen LogP contribution in [0.25, 0.3) is 10.4 Å². The van der Waals surface area contributed by atoms with Crippen molar-refractivity contribution in [1.82, 2.24) is 0 Å². The van der Waals surface area contributed by atoms with Crippen LogP contribution in [-0.2, 0) is 4.79 Å². The van der Waals surface area contributed by atoms with Gasteiger partial charge in [0.2, 0.25) is 0 Å². The average Bonchev–Trinajstić information content (AvgIpc) is 2.21. The van der Waals surface area contributed by atoms with Crippen molar-refractivity contribution >= 4 is 5.97 Å². The molecule has 7 heteroatoms. The summed E-state index contributed by atoms with van der Waals surface area (Å²) >= 11 is 0. The third kappa shape index (κ3) is 6.50. The van der Waals surface area contributed by atoms with Crippen LogP contribution in [0.5, 0.6) is 0 Å². The van der Waals surface area contributed by atoms with Gasteiger partial charge in [-0.25, -0.2) is 0 Å².